The molecule has 2 saturated heterocycles. The van der Waals surface area contributed by atoms with Gasteiger partial charge in [-0.3, -0.25) is 24.9 Å². The van der Waals surface area contributed by atoms with Crippen LogP contribution in [0.4, 0.5) is 13.2 Å². The molecule has 288 valence electrons. The first-order valence-electron chi connectivity index (χ1n) is 18.2. The number of nitrogens with one attached hydrogen (secondary N) is 1. The summed E-state index contributed by atoms with van der Waals surface area (Å²) in [4.78, 5) is 34.4. The normalized spacial score (nSPS) is 20.0. The Morgan fingerprint density at radius 2 is 1.73 bits per heavy atom. The number of methoxy groups -OCH3 is 1. The Labute approximate surface area is 305 Å². The van der Waals surface area contributed by atoms with Gasteiger partial charge in [-0.1, -0.05) is 55.8 Å². The SMILES string of the molecule is CCCCN=C(N)NC(=O)C(Cc1ccc(-c2ccccc2)c(OCCCOC)c1CN1CCC(N2CC(C)OC(C)C2)CC1)OC(=O)C(F)(F)F. The van der Waals surface area contributed by atoms with Crippen LogP contribution >= 0.6 is 0 Å². The molecule has 3 atom stereocenters. The number of nitrogens with two attached hydrogens (primary N) is 1. The summed E-state index contributed by atoms with van der Waals surface area (Å²) in [7, 11) is 1.61. The molecule has 4 rings (SSSR count). The maximum atomic E-state index is 13.5. The van der Waals surface area contributed by atoms with Gasteiger partial charge in [0, 0.05) is 69.9 Å². The highest BCUT2D eigenvalue weighted by atomic mass is 19.4. The van der Waals surface area contributed by atoms with Crippen molar-refractivity contribution in [3.63, 3.8) is 0 Å². The molecule has 2 heterocycles. The quantitative estimate of drug-likeness (QED) is 0.105. The summed E-state index contributed by atoms with van der Waals surface area (Å²) in [6, 6.07) is 13.7. The van der Waals surface area contributed by atoms with Gasteiger partial charge in [0.15, 0.2) is 12.1 Å². The lowest BCUT2D eigenvalue weighted by molar-refractivity contribution is -0.205. The van der Waals surface area contributed by atoms with E-state index in [1.165, 1.54) is 0 Å². The Hall–Kier alpha value is -3.72. The first-order chi connectivity index (χ1) is 24.9. The summed E-state index contributed by atoms with van der Waals surface area (Å²) in [6.07, 6.45) is -3.19. The standard InChI is InChI=1S/C38H54F3N5O6/c1-5-6-17-43-37(42)44-35(47)33(52-36(48)38(39,40)41)22-29-13-14-31(28-11-8-7-9-12-28)34(50-21-10-20-49-4)32(29)25-45-18-15-30(16-19-45)46-23-26(2)51-27(3)24-46/h7-9,11-14,26-27,30,33H,5-6,10,15-25H2,1-4H3,(H3,42,43,44,47). The molecule has 11 nitrogen and oxygen atoms in total. The number of ether oxygens (including phenoxy) is 4. The minimum atomic E-state index is -5.31. The van der Waals surface area contributed by atoms with E-state index in [9.17, 15) is 22.8 Å². The van der Waals surface area contributed by atoms with E-state index in [2.05, 4.69) is 34.0 Å². The van der Waals surface area contributed by atoms with E-state index in [4.69, 9.17) is 24.7 Å². The second kappa shape index (κ2) is 19.9. The third-order valence-corrected chi connectivity index (χ3v) is 9.31. The molecular formula is C38H54F3N5O6. The summed E-state index contributed by atoms with van der Waals surface area (Å²) in [5.74, 6) is -3.19. The van der Waals surface area contributed by atoms with E-state index < -0.39 is 24.2 Å². The average molecular weight is 734 g/mol. The van der Waals surface area contributed by atoms with Crippen molar-refractivity contribution in [3.8, 4) is 16.9 Å². The molecule has 0 aromatic heterocycles. The molecule has 2 aliphatic heterocycles. The molecule has 2 aliphatic rings. The fraction of sp³-hybridized carbons (Fsp3) is 0.605. The molecule has 52 heavy (non-hydrogen) atoms. The number of alkyl halides is 3. The zero-order valence-electron chi connectivity index (χ0n) is 30.8. The maximum Gasteiger partial charge on any atom is 0.490 e. The maximum absolute atomic E-state index is 13.5. The fourth-order valence-electron chi connectivity index (χ4n) is 6.79. The number of hydrogen-bond donors (Lipinski definition) is 2. The summed E-state index contributed by atoms with van der Waals surface area (Å²) in [6.45, 7) is 11.0. The van der Waals surface area contributed by atoms with Crippen molar-refractivity contribution < 1.29 is 41.7 Å². The average Bonchev–Trinajstić information content (AvgIpc) is 3.10. The van der Waals surface area contributed by atoms with E-state index in [1.54, 1.807) is 13.2 Å². The van der Waals surface area contributed by atoms with Crippen LogP contribution in [0.3, 0.4) is 0 Å². The predicted octanol–water partition coefficient (Wildman–Crippen LogP) is 5.09. The highest BCUT2D eigenvalue weighted by Gasteiger charge is 2.44. The smallest absolute Gasteiger partial charge is 0.490 e. The number of morpholine rings is 1. The topological polar surface area (TPSA) is 128 Å². The van der Waals surface area contributed by atoms with E-state index in [-0.39, 0.29) is 24.6 Å². The van der Waals surface area contributed by atoms with Gasteiger partial charge in [-0.25, -0.2) is 4.79 Å². The summed E-state index contributed by atoms with van der Waals surface area (Å²) in [5.41, 5.74) is 8.79. The number of aliphatic imine (C=N–C) groups is 1. The van der Waals surface area contributed by atoms with Gasteiger partial charge in [0.1, 0.15) is 5.75 Å². The number of piperidine rings is 1. The number of likely N-dealkylation sites (tertiary alicyclic amines) is 1. The van der Waals surface area contributed by atoms with Crippen molar-refractivity contribution in [1.82, 2.24) is 15.1 Å². The van der Waals surface area contributed by atoms with Gasteiger partial charge in [0.25, 0.3) is 5.91 Å². The van der Waals surface area contributed by atoms with Crippen LogP contribution in [-0.4, -0.2) is 111 Å². The second-order valence-electron chi connectivity index (χ2n) is 13.6. The third kappa shape index (κ3) is 12.2. The van der Waals surface area contributed by atoms with Gasteiger partial charge < -0.3 is 24.7 Å². The van der Waals surface area contributed by atoms with Crippen LogP contribution in [0.2, 0.25) is 0 Å². The number of carbonyl (C=O) groups is 2. The zero-order chi connectivity index (χ0) is 37.7. The third-order valence-electron chi connectivity index (χ3n) is 9.31. The Morgan fingerprint density at radius 3 is 2.37 bits per heavy atom. The number of guanidine groups is 1. The van der Waals surface area contributed by atoms with Crippen molar-refractivity contribution in [2.45, 2.75) is 96.4 Å². The largest absolute Gasteiger partial charge is 0.493 e. The second-order valence-corrected chi connectivity index (χ2v) is 13.6. The molecule has 3 unspecified atom stereocenters. The number of nitrogens with zero attached hydrogens (tertiary/aromatic N) is 3. The van der Waals surface area contributed by atoms with E-state index in [0.717, 1.165) is 56.6 Å². The number of rotatable bonds is 16. The number of benzene rings is 2. The van der Waals surface area contributed by atoms with Gasteiger partial charge in [-0.2, -0.15) is 13.2 Å². The minimum Gasteiger partial charge on any atom is -0.493 e. The Bertz CT molecular complexity index is 1460. The highest BCUT2D eigenvalue weighted by Crippen LogP contribution is 2.38. The van der Waals surface area contributed by atoms with Gasteiger partial charge in [0.2, 0.25) is 0 Å². The van der Waals surface area contributed by atoms with Crippen molar-refractivity contribution in [1.29, 1.82) is 0 Å². The van der Waals surface area contributed by atoms with Crippen LogP contribution < -0.4 is 15.8 Å². The number of amides is 1. The molecular weight excluding hydrogens is 679 g/mol. The predicted molar refractivity (Wildman–Crippen MR) is 193 cm³/mol. The number of hydrogen-bond acceptors (Lipinski definition) is 9. The lowest BCUT2D eigenvalue weighted by atomic mass is 9.93. The van der Waals surface area contributed by atoms with Crippen molar-refractivity contribution in [2.75, 3.05) is 53.0 Å². The summed E-state index contributed by atoms with van der Waals surface area (Å²) in [5, 5.41) is 2.33. The van der Waals surface area contributed by atoms with Crippen LogP contribution in [0, 0.1) is 0 Å². The fourth-order valence-corrected chi connectivity index (χ4v) is 6.79. The molecule has 0 radical (unpaired) electrons. The molecule has 3 N–H and O–H groups in total. The van der Waals surface area contributed by atoms with Crippen LogP contribution in [0.5, 0.6) is 5.75 Å². The Morgan fingerprint density at radius 1 is 1.04 bits per heavy atom. The number of halogens is 3. The molecule has 1 amide bonds. The van der Waals surface area contributed by atoms with E-state index >= 15 is 0 Å². The molecule has 0 bridgehead atoms. The number of esters is 1. The number of unbranched alkanes of at least 4 members (excludes halogenated alkanes) is 1. The highest BCUT2D eigenvalue weighted by molar-refractivity contribution is 5.99. The number of carbonyl (C=O) groups excluding carboxylic acids is 2. The molecule has 14 heteroatoms. The van der Waals surface area contributed by atoms with Crippen LogP contribution in [-0.2, 0) is 36.8 Å². The molecule has 0 aliphatic carbocycles. The Balaban J connectivity index is 1.70. The molecule has 2 aromatic rings. The first-order valence-corrected chi connectivity index (χ1v) is 18.2. The molecule has 2 fully saturated rings. The van der Waals surface area contributed by atoms with Gasteiger partial charge in [0.05, 0.1) is 18.8 Å². The van der Waals surface area contributed by atoms with Gasteiger partial charge in [-0.15, -0.1) is 0 Å². The summed E-state index contributed by atoms with van der Waals surface area (Å²) >= 11 is 0. The van der Waals surface area contributed by atoms with Crippen LogP contribution in [0.25, 0.3) is 11.1 Å². The van der Waals surface area contributed by atoms with Crippen molar-refractivity contribution in [2.24, 2.45) is 10.7 Å². The van der Waals surface area contributed by atoms with E-state index in [0.29, 0.717) is 62.1 Å². The molecule has 0 spiro atoms. The zero-order valence-corrected chi connectivity index (χ0v) is 30.8. The van der Waals surface area contributed by atoms with Crippen LogP contribution in [0.15, 0.2) is 47.5 Å². The minimum absolute atomic E-state index is 0.164. The van der Waals surface area contributed by atoms with Crippen molar-refractivity contribution >= 4 is 17.8 Å². The first kappa shape index (κ1) is 41.0. The molecule has 0 saturated carbocycles. The monoisotopic (exact) mass is 733 g/mol. The van der Waals surface area contributed by atoms with Crippen LogP contribution in [0.1, 0.15) is 64.0 Å². The van der Waals surface area contributed by atoms with Gasteiger partial charge >= 0.3 is 12.1 Å². The van der Waals surface area contributed by atoms with Gasteiger partial charge in [-0.05, 0) is 57.3 Å². The van der Waals surface area contributed by atoms with E-state index in [1.807, 2.05) is 43.3 Å². The van der Waals surface area contributed by atoms with Crippen molar-refractivity contribution in [3.05, 3.63) is 53.6 Å². The molecule has 2 aromatic carbocycles. The Kier molecular flexibility index (Phi) is 15.7. The lowest BCUT2D eigenvalue weighted by Gasteiger charge is -2.43. The lowest BCUT2D eigenvalue weighted by Crippen LogP contribution is -2.53. The summed E-state index contributed by atoms with van der Waals surface area (Å²) < 4.78 is 63.0.